The maximum atomic E-state index is 13.9. The van der Waals surface area contributed by atoms with Crippen LogP contribution in [0.1, 0.15) is 16.4 Å². The number of thiazole rings is 1. The fourth-order valence-corrected chi connectivity index (χ4v) is 7.75. The van der Waals surface area contributed by atoms with Gasteiger partial charge in [0.05, 0.1) is 34.8 Å². The molecule has 2 saturated heterocycles. The van der Waals surface area contributed by atoms with E-state index in [0.29, 0.717) is 47.5 Å². The standard InChI is InChI=1S/C26H22N4O8S2/c31-18(28-9-11-37-12-10-28)13-38-17-4-2-1-3-16(17)19-20-22(39-23-21(19)40-26(34)27-23)25(33)29(24(20)32)14-5-7-15(8-6-14)30(35)36/h1-8,19-20,22H,9-13H2,(H,27,34)/t19-,20-,22+/m0/s1. The number of non-ortho nitro benzene ring substituents is 1. The van der Waals surface area contributed by atoms with Crippen LogP contribution in [0.2, 0.25) is 0 Å². The van der Waals surface area contributed by atoms with Gasteiger partial charge in [-0.25, -0.2) is 4.90 Å². The molecule has 3 aliphatic heterocycles. The second kappa shape index (κ2) is 10.5. The number of ether oxygens (including phenoxy) is 2. The summed E-state index contributed by atoms with van der Waals surface area (Å²) < 4.78 is 11.3. The molecule has 14 heteroatoms. The van der Waals surface area contributed by atoms with Gasteiger partial charge in [0.15, 0.2) is 6.61 Å². The van der Waals surface area contributed by atoms with E-state index in [-0.39, 0.29) is 28.8 Å². The van der Waals surface area contributed by atoms with Crippen molar-refractivity contribution in [3.05, 3.63) is 78.8 Å². The molecular weight excluding hydrogens is 560 g/mol. The highest BCUT2D eigenvalue weighted by molar-refractivity contribution is 8.00. The third-order valence-corrected chi connectivity index (χ3v) is 9.51. The van der Waals surface area contributed by atoms with E-state index in [1.165, 1.54) is 24.3 Å². The van der Waals surface area contributed by atoms with Crippen molar-refractivity contribution in [2.24, 2.45) is 5.92 Å². The Morgan fingerprint density at radius 3 is 2.52 bits per heavy atom. The first-order chi connectivity index (χ1) is 19.3. The number of fused-ring (bicyclic) bond motifs is 2. The van der Waals surface area contributed by atoms with Gasteiger partial charge in [-0.3, -0.25) is 29.3 Å². The van der Waals surface area contributed by atoms with Gasteiger partial charge in [0.25, 0.3) is 11.6 Å². The Labute approximate surface area is 235 Å². The normalized spacial score (nSPS) is 22.1. The number of imide groups is 1. The molecule has 3 aromatic rings. The molecule has 3 aliphatic rings. The molecule has 2 aromatic carbocycles. The van der Waals surface area contributed by atoms with Crippen LogP contribution >= 0.6 is 23.1 Å². The van der Waals surface area contributed by atoms with Crippen molar-refractivity contribution >= 4 is 52.2 Å². The topological polar surface area (TPSA) is 152 Å². The van der Waals surface area contributed by atoms with Gasteiger partial charge in [0.1, 0.15) is 11.0 Å². The molecule has 206 valence electrons. The van der Waals surface area contributed by atoms with Crippen molar-refractivity contribution in [3.8, 4) is 5.75 Å². The van der Waals surface area contributed by atoms with E-state index in [2.05, 4.69) is 4.98 Å². The highest BCUT2D eigenvalue weighted by Gasteiger charge is 2.56. The molecule has 0 saturated carbocycles. The lowest BCUT2D eigenvalue weighted by molar-refractivity contribution is -0.384. The number of carbonyl (C=O) groups is 3. The summed E-state index contributed by atoms with van der Waals surface area (Å²) in [5.41, 5.74) is 0.646. The minimum absolute atomic E-state index is 0.162. The third-order valence-electron chi connectivity index (χ3n) is 7.11. The Bertz CT molecular complexity index is 1560. The molecule has 0 unspecified atom stereocenters. The number of anilines is 1. The van der Waals surface area contributed by atoms with Crippen LogP contribution < -0.4 is 14.5 Å². The van der Waals surface area contributed by atoms with Crippen LogP contribution in [0.15, 0.2) is 58.4 Å². The number of hydrogen-bond donors (Lipinski definition) is 1. The van der Waals surface area contributed by atoms with E-state index in [9.17, 15) is 29.3 Å². The maximum absolute atomic E-state index is 13.9. The Balaban J connectivity index is 1.35. The fourth-order valence-electron chi connectivity index (χ4n) is 5.24. The first-order valence-electron chi connectivity index (χ1n) is 12.4. The minimum atomic E-state index is -0.869. The van der Waals surface area contributed by atoms with Gasteiger partial charge in [-0.2, -0.15) is 0 Å². The molecule has 1 N–H and O–H groups in total. The van der Waals surface area contributed by atoms with Crippen molar-refractivity contribution in [1.82, 2.24) is 9.88 Å². The van der Waals surface area contributed by atoms with Crippen LogP contribution in [-0.2, 0) is 19.1 Å². The summed E-state index contributed by atoms with van der Waals surface area (Å²) >= 11 is 2.10. The Morgan fingerprint density at radius 2 is 1.80 bits per heavy atom. The van der Waals surface area contributed by atoms with Gasteiger partial charge in [0.2, 0.25) is 11.8 Å². The first kappa shape index (κ1) is 26.2. The monoisotopic (exact) mass is 582 g/mol. The number of carbonyl (C=O) groups excluding carboxylic acids is 3. The van der Waals surface area contributed by atoms with E-state index < -0.39 is 33.8 Å². The number of nitrogens with one attached hydrogen (secondary N) is 1. The quantitative estimate of drug-likeness (QED) is 0.262. The average Bonchev–Trinajstić information content (AvgIpc) is 3.46. The second-order valence-corrected chi connectivity index (χ2v) is 11.5. The van der Waals surface area contributed by atoms with Crippen molar-refractivity contribution in [1.29, 1.82) is 0 Å². The molecule has 12 nitrogen and oxygen atoms in total. The van der Waals surface area contributed by atoms with Crippen LogP contribution in [0.3, 0.4) is 0 Å². The highest BCUT2D eigenvalue weighted by Crippen LogP contribution is 2.54. The van der Waals surface area contributed by atoms with Crippen LogP contribution in [0, 0.1) is 16.0 Å². The summed E-state index contributed by atoms with van der Waals surface area (Å²) in [5, 5.41) is 10.8. The summed E-state index contributed by atoms with van der Waals surface area (Å²) in [5.74, 6) is -2.34. The van der Waals surface area contributed by atoms with Gasteiger partial charge in [-0.15, -0.1) is 0 Å². The molecule has 3 amide bonds. The van der Waals surface area contributed by atoms with Crippen LogP contribution in [0.4, 0.5) is 11.4 Å². The summed E-state index contributed by atoms with van der Waals surface area (Å²) in [4.78, 5) is 69.0. The number of amides is 3. The number of para-hydroxylation sites is 1. The number of thioether (sulfide) groups is 1. The summed E-state index contributed by atoms with van der Waals surface area (Å²) in [6.45, 7) is 1.65. The number of morpholine rings is 1. The lowest BCUT2D eigenvalue weighted by Gasteiger charge is -2.31. The molecule has 0 spiro atoms. The molecule has 0 aliphatic carbocycles. The predicted molar refractivity (Wildman–Crippen MR) is 145 cm³/mol. The predicted octanol–water partition coefficient (Wildman–Crippen LogP) is 2.38. The smallest absolute Gasteiger partial charge is 0.305 e. The lowest BCUT2D eigenvalue weighted by Crippen LogP contribution is -2.43. The minimum Gasteiger partial charge on any atom is -0.483 e. The fraction of sp³-hybridized carbons (Fsp3) is 0.308. The van der Waals surface area contributed by atoms with Crippen LogP contribution in [-0.4, -0.2) is 70.7 Å². The van der Waals surface area contributed by atoms with E-state index in [4.69, 9.17) is 9.47 Å². The molecule has 40 heavy (non-hydrogen) atoms. The Hall–Kier alpha value is -4.01. The van der Waals surface area contributed by atoms with Gasteiger partial charge < -0.3 is 19.4 Å². The van der Waals surface area contributed by atoms with Crippen molar-refractivity contribution in [2.75, 3.05) is 37.8 Å². The molecule has 0 radical (unpaired) electrons. The number of aromatic nitrogens is 1. The number of rotatable bonds is 6. The number of aromatic amines is 1. The lowest BCUT2D eigenvalue weighted by atomic mass is 9.82. The van der Waals surface area contributed by atoms with E-state index in [1.54, 1.807) is 29.2 Å². The molecule has 6 rings (SSSR count). The van der Waals surface area contributed by atoms with E-state index >= 15 is 0 Å². The highest BCUT2D eigenvalue weighted by atomic mass is 32.2. The summed E-state index contributed by atoms with van der Waals surface area (Å²) in [6.07, 6.45) is 0. The first-order valence-corrected chi connectivity index (χ1v) is 14.1. The molecule has 4 heterocycles. The number of hydrogen-bond acceptors (Lipinski definition) is 10. The average molecular weight is 583 g/mol. The van der Waals surface area contributed by atoms with Gasteiger partial charge in [-0.1, -0.05) is 41.3 Å². The SMILES string of the molecule is O=C(COc1ccccc1[C@@H]1c2sc(=O)[nH]c2S[C@H]2C(=O)N(c3ccc([N+](=O)[O-])cc3)C(=O)[C@@H]12)N1CCOCC1. The van der Waals surface area contributed by atoms with Crippen LogP contribution in [0.25, 0.3) is 0 Å². The zero-order valence-corrected chi connectivity index (χ0v) is 22.4. The number of nitro benzene ring substituents is 1. The third kappa shape index (κ3) is 4.57. The van der Waals surface area contributed by atoms with Gasteiger partial charge in [0, 0.05) is 41.6 Å². The van der Waals surface area contributed by atoms with Gasteiger partial charge >= 0.3 is 4.87 Å². The second-order valence-electron chi connectivity index (χ2n) is 9.35. The van der Waals surface area contributed by atoms with Gasteiger partial charge in [-0.05, 0) is 18.2 Å². The Morgan fingerprint density at radius 1 is 1.07 bits per heavy atom. The van der Waals surface area contributed by atoms with E-state index in [1.807, 2.05) is 0 Å². The molecule has 3 atom stereocenters. The Kier molecular flexibility index (Phi) is 6.90. The zero-order valence-electron chi connectivity index (χ0n) is 20.8. The largest absolute Gasteiger partial charge is 0.483 e. The number of nitrogens with zero attached hydrogens (tertiary/aromatic N) is 3. The van der Waals surface area contributed by atoms with E-state index in [0.717, 1.165) is 28.0 Å². The molecular formula is C26H22N4O8S2. The summed E-state index contributed by atoms with van der Waals surface area (Å²) in [7, 11) is 0. The van der Waals surface area contributed by atoms with Crippen molar-refractivity contribution < 1.29 is 28.8 Å². The molecule has 2 fully saturated rings. The number of benzene rings is 2. The summed E-state index contributed by atoms with van der Waals surface area (Å²) in [6, 6.07) is 12.2. The van der Waals surface area contributed by atoms with Crippen LogP contribution in [0.5, 0.6) is 5.75 Å². The zero-order chi connectivity index (χ0) is 28.0. The van der Waals surface area contributed by atoms with Crippen molar-refractivity contribution in [3.63, 3.8) is 0 Å². The molecule has 0 bridgehead atoms. The van der Waals surface area contributed by atoms with Crippen molar-refractivity contribution in [2.45, 2.75) is 16.2 Å². The maximum Gasteiger partial charge on any atom is 0.305 e. The molecule has 1 aromatic heterocycles. The number of nitro groups is 1. The number of H-pyrrole nitrogens is 1.